The highest BCUT2D eigenvalue weighted by Gasteiger charge is 2.01. The molecule has 0 aliphatic carbocycles. The molecule has 0 bridgehead atoms. The van der Waals surface area contributed by atoms with Gasteiger partial charge in [0.15, 0.2) is 0 Å². The molecule has 0 aliphatic heterocycles. The Bertz CT molecular complexity index is 239. The average Bonchev–Trinajstić information content (AvgIpc) is 2.35. The maximum atomic E-state index is 5.59. The summed E-state index contributed by atoms with van der Waals surface area (Å²) in [6.45, 7) is 5.47. The van der Waals surface area contributed by atoms with Crippen LogP contribution >= 0.6 is 22.9 Å². The van der Waals surface area contributed by atoms with E-state index in [1.807, 2.05) is 0 Å². The second kappa shape index (κ2) is 4.74. The number of hydrogen-bond acceptors (Lipinski definition) is 4. The van der Waals surface area contributed by atoms with Gasteiger partial charge in [-0.15, -0.1) is 10.2 Å². The maximum Gasteiger partial charge on any atom is 0.207 e. The third-order valence-corrected chi connectivity index (χ3v) is 2.11. The lowest BCUT2D eigenvalue weighted by molar-refractivity contribution is 0.0965. The Hall–Kier alpha value is -0.190. The summed E-state index contributed by atoms with van der Waals surface area (Å²) in [5.74, 6) is 0.549. The molecule has 5 heteroatoms. The van der Waals surface area contributed by atoms with Crippen LogP contribution < -0.4 is 0 Å². The summed E-state index contributed by atoms with van der Waals surface area (Å²) in [4.78, 5) is 0. The average molecular weight is 207 g/mol. The van der Waals surface area contributed by atoms with Crippen molar-refractivity contribution in [1.29, 1.82) is 0 Å². The Morgan fingerprint density at radius 1 is 1.50 bits per heavy atom. The topological polar surface area (TPSA) is 35.0 Å². The SMILES string of the molecule is CC(C)COCc1nnc(Cl)s1. The van der Waals surface area contributed by atoms with Crippen LogP contribution in [0.4, 0.5) is 0 Å². The molecule has 0 N–H and O–H groups in total. The van der Waals surface area contributed by atoms with Crippen LogP contribution in [0, 0.1) is 5.92 Å². The first-order valence-electron chi connectivity index (χ1n) is 3.74. The van der Waals surface area contributed by atoms with Crippen LogP contribution in [-0.4, -0.2) is 16.8 Å². The van der Waals surface area contributed by atoms with Crippen LogP contribution in [0.25, 0.3) is 0 Å². The molecule has 0 aromatic carbocycles. The molecule has 0 amide bonds. The van der Waals surface area contributed by atoms with Crippen molar-refractivity contribution >= 4 is 22.9 Å². The van der Waals surface area contributed by atoms with Crippen molar-refractivity contribution in [3.05, 3.63) is 9.47 Å². The van der Waals surface area contributed by atoms with E-state index in [0.29, 0.717) is 17.0 Å². The number of nitrogens with zero attached hydrogens (tertiary/aromatic N) is 2. The van der Waals surface area contributed by atoms with E-state index >= 15 is 0 Å². The maximum absolute atomic E-state index is 5.59. The van der Waals surface area contributed by atoms with Crippen molar-refractivity contribution in [2.24, 2.45) is 5.92 Å². The van der Waals surface area contributed by atoms with E-state index in [-0.39, 0.29) is 0 Å². The first kappa shape index (κ1) is 9.89. The van der Waals surface area contributed by atoms with Crippen LogP contribution in [-0.2, 0) is 11.3 Å². The lowest BCUT2D eigenvalue weighted by atomic mass is 10.2. The third kappa shape index (κ3) is 3.47. The molecule has 0 radical (unpaired) electrons. The number of rotatable bonds is 4. The van der Waals surface area contributed by atoms with Gasteiger partial charge in [0.2, 0.25) is 4.47 Å². The Kier molecular flexibility index (Phi) is 3.91. The summed E-state index contributed by atoms with van der Waals surface area (Å²) in [5.41, 5.74) is 0. The molecule has 0 aliphatic rings. The second-order valence-corrected chi connectivity index (χ2v) is 4.50. The van der Waals surface area contributed by atoms with E-state index in [1.165, 1.54) is 11.3 Å². The third-order valence-electron chi connectivity index (χ3n) is 1.12. The predicted octanol–water partition coefficient (Wildman–Crippen LogP) is 2.36. The fraction of sp³-hybridized carbons (Fsp3) is 0.714. The zero-order chi connectivity index (χ0) is 8.97. The molecule has 1 aromatic rings. The molecular weight excluding hydrogens is 196 g/mol. The van der Waals surface area contributed by atoms with Crippen LogP contribution in [0.1, 0.15) is 18.9 Å². The lowest BCUT2D eigenvalue weighted by Crippen LogP contribution is -2.01. The highest BCUT2D eigenvalue weighted by Crippen LogP contribution is 2.15. The minimum absolute atomic E-state index is 0.471. The van der Waals surface area contributed by atoms with E-state index in [0.717, 1.165) is 11.6 Å². The summed E-state index contributed by atoms with van der Waals surface area (Å²) in [6.07, 6.45) is 0. The molecule has 0 atom stereocenters. The van der Waals surface area contributed by atoms with E-state index in [2.05, 4.69) is 24.0 Å². The minimum atomic E-state index is 0.471. The van der Waals surface area contributed by atoms with E-state index in [9.17, 15) is 0 Å². The minimum Gasteiger partial charge on any atom is -0.374 e. The number of halogens is 1. The Morgan fingerprint density at radius 3 is 2.75 bits per heavy atom. The van der Waals surface area contributed by atoms with Crippen molar-refractivity contribution in [2.45, 2.75) is 20.5 Å². The van der Waals surface area contributed by atoms with Crippen LogP contribution in [0.2, 0.25) is 4.47 Å². The zero-order valence-corrected chi connectivity index (χ0v) is 8.65. The quantitative estimate of drug-likeness (QED) is 0.759. The van der Waals surface area contributed by atoms with Gasteiger partial charge < -0.3 is 4.74 Å². The van der Waals surface area contributed by atoms with Crippen LogP contribution in [0.3, 0.4) is 0 Å². The molecule has 0 unspecified atom stereocenters. The predicted molar refractivity (Wildman–Crippen MR) is 49.4 cm³/mol. The van der Waals surface area contributed by atoms with Crippen molar-refractivity contribution in [3.63, 3.8) is 0 Å². The Labute approximate surface area is 80.7 Å². The van der Waals surface area contributed by atoms with Gasteiger partial charge in [-0.3, -0.25) is 0 Å². The smallest absolute Gasteiger partial charge is 0.207 e. The van der Waals surface area contributed by atoms with Gasteiger partial charge in [0.05, 0.1) is 0 Å². The largest absolute Gasteiger partial charge is 0.374 e. The van der Waals surface area contributed by atoms with Gasteiger partial charge >= 0.3 is 0 Å². The van der Waals surface area contributed by atoms with E-state index < -0.39 is 0 Å². The molecule has 0 spiro atoms. The zero-order valence-electron chi connectivity index (χ0n) is 7.08. The second-order valence-electron chi connectivity index (χ2n) is 2.86. The summed E-state index contributed by atoms with van der Waals surface area (Å²) in [5, 5.41) is 8.33. The van der Waals surface area contributed by atoms with Crippen molar-refractivity contribution in [3.8, 4) is 0 Å². The molecule has 0 saturated carbocycles. The van der Waals surface area contributed by atoms with Gasteiger partial charge in [0.25, 0.3) is 0 Å². The first-order valence-corrected chi connectivity index (χ1v) is 4.93. The Balaban J connectivity index is 2.24. The van der Waals surface area contributed by atoms with Crippen LogP contribution in [0.15, 0.2) is 0 Å². The van der Waals surface area contributed by atoms with Gasteiger partial charge in [0, 0.05) is 6.61 Å². The molecule has 0 saturated heterocycles. The fourth-order valence-electron chi connectivity index (χ4n) is 0.673. The fourth-order valence-corrected chi connectivity index (χ4v) is 1.48. The van der Waals surface area contributed by atoms with Crippen molar-refractivity contribution in [2.75, 3.05) is 6.61 Å². The normalized spacial score (nSPS) is 11.0. The molecule has 0 fully saturated rings. The molecule has 1 heterocycles. The van der Waals surface area contributed by atoms with Crippen molar-refractivity contribution in [1.82, 2.24) is 10.2 Å². The summed E-state index contributed by atoms with van der Waals surface area (Å²) in [7, 11) is 0. The standard InChI is InChI=1S/C7H11ClN2OS/c1-5(2)3-11-4-6-9-10-7(8)12-6/h5H,3-4H2,1-2H3. The number of hydrogen-bond donors (Lipinski definition) is 0. The van der Waals surface area contributed by atoms with E-state index in [4.69, 9.17) is 16.3 Å². The van der Waals surface area contributed by atoms with Gasteiger partial charge in [-0.05, 0) is 17.5 Å². The Morgan fingerprint density at radius 2 is 2.25 bits per heavy atom. The number of aromatic nitrogens is 2. The van der Waals surface area contributed by atoms with Gasteiger partial charge in [-0.25, -0.2) is 0 Å². The molecule has 12 heavy (non-hydrogen) atoms. The van der Waals surface area contributed by atoms with Crippen LogP contribution in [0.5, 0.6) is 0 Å². The highest BCUT2D eigenvalue weighted by atomic mass is 35.5. The molecule has 1 rings (SSSR count). The summed E-state index contributed by atoms with van der Waals surface area (Å²) < 4.78 is 5.81. The lowest BCUT2D eigenvalue weighted by Gasteiger charge is -2.03. The molecule has 68 valence electrons. The van der Waals surface area contributed by atoms with Crippen molar-refractivity contribution < 1.29 is 4.74 Å². The molecular formula is C7H11ClN2OS. The monoisotopic (exact) mass is 206 g/mol. The molecule has 1 aromatic heterocycles. The van der Waals surface area contributed by atoms with Gasteiger partial charge in [-0.1, -0.05) is 25.2 Å². The summed E-state index contributed by atoms with van der Waals surface area (Å²) in [6, 6.07) is 0. The van der Waals surface area contributed by atoms with Gasteiger partial charge in [-0.2, -0.15) is 0 Å². The highest BCUT2D eigenvalue weighted by molar-refractivity contribution is 7.15. The summed E-state index contributed by atoms with van der Waals surface area (Å²) >= 11 is 6.95. The van der Waals surface area contributed by atoms with E-state index in [1.54, 1.807) is 0 Å². The number of ether oxygens (including phenoxy) is 1. The first-order chi connectivity index (χ1) is 5.68. The van der Waals surface area contributed by atoms with Gasteiger partial charge in [0.1, 0.15) is 11.6 Å². The molecule has 3 nitrogen and oxygen atoms in total.